The van der Waals surface area contributed by atoms with E-state index in [1.54, 1.807) is 32.7 Å². The molecule has 30 heavy (non-hydrogen) atoms. The first-order valence-electron chi connectivity index (χ1n) is 10.3. The molecule has 0 bridgehead atoms. The lowest BCUT2D eigenvalue weighted by molar-refractivity contribution is -0.153. The van der Waals surface area contributed by atoms with Gasteiger partial charge in [-0.25, -0.2) is 0 Å². The minimum Gasteiger partial charge on any atom is -0.496 e. The van der Waals surface area contributed by atoms with Gasteiger partial charge in [0.1, 0.15) is 11.3 Å². The first kappa shape index (κ1) is 22.6. The number of carbonyl (C=O) groups is 3. The number of ether oxygens (including phenoxy) is 2. The highest BCUT2D eigenvalue weighted by atomic mass is 32.2. The largest absolute Gasteiger partial charge is 0.496 e. The Balaban J connectivity index is 2.04. The summed E-state index contributed by atoms with van der Waals surface area (Å²) < 4.78 is 10.6. The van der Waals surface area contributed by atoms with Crippen molar-refractivity contribution in [2.45, 2.75) is 55.8 Å². The Hall–Kier alpha value is -2.06. The molecule has 0 radical (unpaired) electrons. The molecule has 2 fully saturated rings. The van der Waals surface area contributed by atoms with Crippen LogP contribution >= 0.6 is 11.8 Å². The fourth-order valence-corrected chi connectivity index (χ4v) is 5.48. The summed E-state index contributed by atoms with van der Waals surface area (Å²) in [6, 6.07) is 5.32. The summed E-state index contributed by atoms with van der Waals surface area (Å²) in [4.78, 5) is 41.0. The van der Waals surface area contributed by atoms with Crippen LogP contribution in [0.4, 0.5) is 0 Å². The summed E-state index contributed by atoms with van der Waals surface area (Å²) in [5.74, 6) is -1.88. The van der Waals surface area contributed by atoms with Crippen LogP contribution in [0.25, 0.3) is 0 Å². The van der Waals surface area contributed by atoms with Gasteiger partial charge in [-0.3, -0.25) is 24.6 Å². The van der Waals surface area contributed by atoms with Gasteiger partial charge in [0.25, 0.3) is 0 Å². The molecule has 0 saturated carbocycles. The molecule has 2 aliphatic heterocycles. The van der Waals surface area contributed by atoms with Crippen LogP contribution in [0.1, 0.15) is 45.7 Å². The molecule has 0 aromatic heterocycles. The summed E-state index contributed by atoms with van der Waals surface area (Å²) in [5, 5.41) is 3.70. The number of esters is 1. The number of nitrogens with zero attached hydrogens (tertiary/aromatic N) is 1. The highest BCUT2D eigenvalue weighted by Gasteiger charge is 2.66. The predicted molar refractivity (Wildman–Crippen MR) is 114 cm³/mol. The molecule has 0 aliphatic carbocycles. The van der Waals surface area contributed by atoms with Crippen LogP contribution in [0.3, 0.4) is 0 Å². The van der Waals surface area contributed by atoms with Crippen molar-refractivity contribution in [1.82, 2.24) is 10.2 Å². The number of imide groups is 1. The molecule has 1 aromatic rings. The minimum absolute atomic E-state index is 0.255. The third-order valence-electron chi connectivity index (χ3n) is 6.25. The van der Waals surface area contributed by atoms with Gasteiger partial charge >= 0.3 is 5.97 Å². The number of benzene rings is 1. The van der Waals surface area contributed by atoms with E-state index < -0.39 is 29.4 Å². The monoisotopic (exact) mass is 434 g/mol. The molecule has 2 saturated heterocycles. The molecule has 164 valence electrons. The van der Waals surface area contributed by atoms with Crippen LogP contribution in [0.5, 0.6) is 5.75 Å². The van der Waals surface area contributed by atoms with Gasteiger partial charge < -0.3 is 9.47 Å². The summed E-state index contributed by atoms with van der Waals surface area (Å²) in [7, 11) is 2.91. The summed E-state index contributed by atoms with van der Waals surface area (Å²) in [6.45, 7) is 7.98. The van der Waals surface area contributed by atoms with Crippen LogP contribution in [-0.2, 0) is 19.1 Å². The Labute approximate surface area is 181 Å². The summed E-state index contributed by atoms with van der Waals surface area (Å²) >= 11 is 1.73. The molecule has 7 nitrogen and oxygen atoms in total. The molecule has 5 atom stereocenters. The lowest BCUT2D eigenvalue weighted by Crippen LogP contribution is -2.53. The minimum atomic E-state index is -1.28. The van der Waals surface area contributed by atoms with E-state index in [0.717, 1.165) is 16.9 Å². The Morgan fingerprint density at radius 2 is 1.97 bits per heavy atom. The van der Waals surface area contributed by atoms with Crippen molar-refractivity contribution in [3.8, 4) is 5.75 Å². The fraction of sp³-hybridized carbons (Fsp3) is 0.591. The summed E-state index contributed by atoms with van der Waals surface area (Å²) in [6.07, 6.45) is 1.03. The number of thioether (sulfide) groups is 1. The molecule has 4 unspecified atom stereocenters. The van der Waals surface area contributed by atoms with E-state index in [2.05, 4.69) is 19.2 Å². The normalized spacial score (nSPS) is 29.1. The Morgan fingerprint density at radius 1 is 1.27 bits per heavy atom. The van der Waals surface area contributed by atoms with Gasteiger partial charge in [0, 0.05) is 22.7 Å². The van der Waals surface area contributed by atoms with Crippen LogP contribution in [0.2, 0.25) is 0 Å². The second-order valence-corrected chi connectivity index (χ2v) is 9.47. The van der Waals surface area contributed by atoms with Crippen molar-refractivity contribution >= 4 is 29.5 Å². The van der Waals surface area contributed by atoms with E-state index in [-0.39, 0.29) is 18.4 Å². The number of hydrogen-bond acceptors (Lipinski definition) is 7. The van der Waals surface area contributed by atoms with E-state index in [0.29, 0.717) is 11.0 Å². The Kier molecular flexibility index (Phi) is 6.48. The third-order valence-corrected chi connectivity index (χ3v) is 7.58. The lowest BCUT2D eigenvalue weighted by atomic mass is 9.80. The van der Waals surface area contributed by atoms with Gasteiger partial charge in [0.05, 0.1) is 26.1 Å². The smallest absolute Gasteiger partial charge is 0.326 e. The topological polar surface area (TPSA) is 84.9 Å². The molecular formula is C22H30N2O5S. The van der Waals surface area contributed by atoms with Crippen molar-refractivity contribution in [1.29, 1.82) is 0 Å². The first-order chi connectivity index (χ1) is 14.2. The molecular weight excluding hydrogens is 404 g/mol. The Morgan fingerprint density at radius 3 is 2.53 bits per heavy atom. The van der Waals surface area contributed by atoms with Gasteiger partial charge in [0.2, 0.25) is 11.8 Å². The molecule has 0 spiro atoms. The molecule has 2 heterocycles. The number of fused-ring (bicyclic) bond motifs is 1. The zero-order valence-corrected chi connectivity index (χ0v) is 19.2. The van der Waals surface area contributed by atoms with E-state index in [4.69, 9.17) is 9.47 Å². The van der Waals surface area contributed by atoms with Crippen molar-refractivity contribution in [3.05, 3.63) is 23.8 Å². The van der Waals surface area contributed by atoms with Crippen LogP contribution in [0.15, 0.2) is 23.1 Å². The number of rotatable bonds is 7. The highest BCUT2D eigenvalue weighted by molar-refractivity contribution is 8.00. The van der Waals surface area contributed by atoms with Gasteiger partial charge in [-0.1, -0.05) is 19.9 Å². The third kappa shape index (κ3) is 3.50. The van der Waals surface area contributed by atoms with Crippen LogP contribution in [-0.4, -0.2) is 54.2 Å². The van der Waals surface area contributed by atoms with Crippen molar-refractivity contribution < 1.29 is 23.9 Å². The van der Waals surface area contributed by atoms with Gasteiger partial charge in [-0.05, 0) is 38.0 Å². The predicted octanol–water partition coefficient (Wildman–Crippen LogP) is 2.78. The Bertz CT molecular complexity index is 860. The van der Waals surface area contributed by atoms with Crippen molar-refractivity contribution in [2.75, 3.05) is 20.8 Å². The zero-order valence-electron chi connectivity index (χ0n) is 18.4. The number of hydrogen-bond donors (Lipinski definition) is 1. The lowest BCUT2D eigenvalue weighted by Gasteiger charge is -2.28. The zero-order chi connectivity index (χ0) is 22.2. The quantitative estimate of drug-likeness (QED) is 0.401. The van der Waals surface area contributed by atoms with Crippen LogP contribution < -0.4 is 10.1 Å². The van der Waals surface area contributed by atoms with E-state index in [1.807, 2.05) is 18.2 Å². The molecule has 1 N–H and O–H groups in total. The molecule has 3 rings (SSSR count). The highest BCUT2D eigenvalue weighted by Crippen LogP contribution is 2.49. The molecule has 8 heteroatoms. The number of likely N-dealkylation sites (tertiary alicyclic amines) is 1. The maximum Gasteiger partial charge on any atom is 0.326 e. The average Bonchev–Trinajstić information content (AvgIpc) is 3.20. The molecule has 2 aliphatic rings. The van der Waals surface area contributed by atoms with E-state index in [9.17, 15) is 14.4 Å². The van der Waals surface area contributed by atoms with Gasteiger partial charge in [-0.2, -0.15) is 0 Å². The van der Waals surface area contributed by atoms with Crippen molar-refractivity contribution in [2.24, 2.45) is 11.8 Å². The second kappa shape index (κ2) is 8.59. The first-order valence-corrected chi connectivity index (χ1v) is 11.2. The number of methoxy groups -OCH3 is 2. The fourth-order valence-electron chi connectivity index (χ4n) is 4.47. The van der Waals surface area contributed by atoms with Gasteiger partial charge in [-0.15, -0.1) is 11.8 Å². The van der Waals surface area contributed by atoms with E-state index >= 15 is 0 Å². The second-order valence-electron chi connectivity index (χ2n) is 7.99. The summed E-state index contributed by atoms with van der Waals surface area (Å²) in [5.41, 5.74) is -0.472. The van der Waals surface area contributed by atoms with Crippen molar-refractivity contribution in [3.63, 3.8) is 0 Å². The maximum absolute atomic E-state index is 13.1. The van der Waals surface area contributed by atoms with E-state index in [1.165, 1.54) is 12.0 Å². The van der Waals surface area contributed by atoms with Crippen LogP contribution in [0, 0.1) is 11.8 Å². The van der Waals surface area contributed by atoms with Gasteiger partial charge in [0.15, 0.2) is 0 Å². The molecule has 2 amide bonds. The number of carbonyl (C=O) groups excluding carboxylic acids is 3. The number of nitrogens with one attached hydrogen (secondary N) is 1. The molecule has 1 aromatic carbocycles. The SMILES string of the molecule is CCC(C)Sc1ccc(C2N[C@@](C)(C(=O)OC)C3C(=O)N(CC)C(=O)C23)cc1OC. The average molecular weight is 435 g/mol. The standard InChI is InChI=1S/C22H30N2O5S/c1-7-12(3)30-15-10-9-13(11-14(15)28-5)18-16-17(20(26)24(8-2)19(16)25)22(4,23-18)21(27)29-6/h9-12,16-18,23H,7-8H2,1-6H3/t12?,16?,17?,18?,22-/m1/s1. The maximum atomic E-state index is 13.1. The number of amides is 2.